The van der Waals surface area contributed by atoms with Crippen LogP contribution in [0.4, 0.5) is 0 Å². The van der Waals surface area contributed by atoms with Gasteiger partial charge in [-0.2, -0.15) is 0 Å². The van der Waals surface area contributed by atoms with Crippen LogP contribution >= 0.6 is 0 Å². The fourth-order valence-corrected chi connectivity index (χ4v) is 4.81. The minimum Gasteiger partial charge on any atom is -0.0654 e. The van der Waals surface area contributed by atoms with Crippen LogP contribution in [0.15, 0.2) is 0 Å². The van der Waals surface area contributed by atoms with Crippen LogP contribution < -0.4 is 0 Å². The molecule has 1 fully saturated rings. The third-order valence-corrected chi connectivity index (χ3v) is 7.01. The molecule has 0 nitrogen and oxygen atoms in total. The molecule has 0 atom stereocenters. The van der Waals surface area contributed by atoms with Crippen molar-refractivity contribution in [1.82, 2.24) is 0 Å². The van der Waals surface area contributed by atoms with Gasteiger partial charge in [0.05, 0.1) is 0 Å². The Labute approximate surface area is 122 Å². The normalized spacial score (nSPS) is 21.6. The number of hydrogen-bond donors (Lipinski definition) is 0. The van der Waals surface area contributed by atoms with Gasteiger partial charge in [0.25, 0.3) is 0 Å². The van der Waals surface area contributed by atoms with Crippen molar-refractivity contribution in [3.05, 3.63) is 0 Å². The summed E-state index contributed by atoms with van der Waals surface area (Å²) in [6.07, 6.45) is 11.3. The van der Waals surface area contributed by atoms with Crippen LogP contribution in [0.25, 0.3) is 0 Å². The lowest BCUT2D eigenvalue weighted by Crippen LogP contribution is -2.50. The topological polar surface area (TPSA) is 0 Å². The van der Waals surface area contributed by atoms with Crippen molar-refractivity contribution in [2.24, 2.45) is 22.2 Å². The lowest BCUT2D eigenvalue weighted by Gasteiger charge is -2.59. The van der Waals surface area contributed by atoms with Crippen LogP contribution in [0.1, 0.15) is 99.8 Å². The fraction of sp³-hybridized carbons (Fsp3) is 1.00. The van der Waals surface area contributed by atoms with Crippen molar-refractivity contribution in [2.45, 2.75) is 99.8 Å². The van der Waals surface area contributed by atoms with Gasteiger partial charge in [0.2, 0.25) is 0 Å². The third-order valence-electron chi connectivity index (χ3n) is 7.01. The largest absolute Gasteiger partial charge is 0.0654 e. The van der Waals surface area contributed by atoms with E-state index in [2.05, 4.69) is 48.5 Å². The van der Waals surface area contributed by atoms with Crippen molar-refractivity contribution in [2.75, 3.05) is 0 Å². The van der Waals surface area contributed by atoms with Crippen LogP contribution in [0, 0.1) is 22.2 Å². The summed E-state index contributed by atoms with van der Waals surface area (Å²) >= 11 is 0. The highest BCUT2D eigenvalue weighted by Gasteiger charge is 2.53. The molecule has 0 heteroatoms. The Balaban J connectivity index is 2.98. The van der Waals surface area contributed by atoms with E-state index >= 15 is 0 Å². The van der Waals surface area contributed by atoms with Gasteiger partial charge in [-0.1, -0.05) is 74.1 Å². The molecular formula is C19H38. The Morgan fingerprint density at radius 2 is 1.26 bits per heavy atom. The van der Waals surface area contributed by atoms with Gasteiger partial charge in [0.1, 0.15) is 0 Å². The Bertz CT molecular complexity index is 246. The maximum atomic E-state index is 2.53. The van der Waals surface area contributed by atoms with Gasteiger partial charge in [-0.25, -0.2) is 0 Å². The highest BCUT2D eigenvalue weighted by atomic mass is 14.6. The highest BCUT2D eigenvalue weighted by molar-refractivity contribution is 5.03. The van der Waals surface area contributed by atoms with Crippen molar-refractivity contribution in [1.29, 1.82) is 0 Å². The van der Waals surface area contributed by atoms with Gasteiger partial charge in [-0.05, 0) is 47.8 Å². The zero-order chi connectivity index (χ0) is 14.7. The van der Waals surface area contributed by atoms with E-state index in [0.717, 1.165) is 5.92 Å². The molecule has 0 bridgehead atoms. The Hall–Kier alpha value is 0. The van der Waals surface area contributed by atoms with Gasteiger partial charge in [-0.15, -0.1) is 0 Å². The Morgan fingerprint density at radius 1 is 0.842 bits per heavy atom. The molecule has 0 spiro atoms. The molecule has 0 amide bonds. The molecule has 0 saturated heterocycles. The van der Waals surface area contributed by atoms with E-state index in [1.165, 1.54) is 51.4 Å². The Morgan fingerprint density at radius 3 is 1.58 bits per heavy atom. The van der Waals surface area contributed by atoms with Crippen molar-refractivity contribution < 1.29 is 0 Å². The molecule has 0 aromatic heterocycles. The maximum Gasteiger partial charge on any atom is -0.0195 e. The first kappa shape index (κ1) is 17.1. The summed E-state index contributed by atoms with van der Waals surface area (Å²) in [5, 5.41) is 0. The summed E-state index contributed by atoms with van der Waals surface area (Å²) in [4.78, 5) is 0. The summed E-state index contributed by atoms with van der Waals surface area (Å²) in [7, 11) is 0. The Kier molecular flexibility index (Phi) is 5.55. The molecule has 1 saturated carbocycles. The first-order valence-electron chi connectivity index (χ1n) is 8.76. The van der Waals surface area contributed by atoms with E-state index < -0.39 is 0 Å². The maximum absolute atomic E-state index is 2.53. The molecule has 0 radical (unpaired) electrons. The summed E-state index contributed by atoms with van der Waals surface area (Å²) in [5.74, 6) is 1.01. The molecule has 1 aliphatic rings. The quantitative estimate of drug-likeness (QED) is 0.494. The molecule has 0 aromatic rings. The van der Waals surface area contributed by atoms with Crippen LogP contribution in [-0.2, 0) is 0 Å². The molecule has 0 N–H and O–H groups in total. The second-order valence-corrected chi connectivity index (χ2v) is 8.29. The van der Waals surface area contributed by atoms with E-state index in [-0.39, 0.29) is 0 Å². The molecule has 1 rings (SSSR count). The summed E-state index contributed by atoms with van der Waals surface area (Å²) in [6, 6.07) is 0. The molecular weight excluding hydrogens is 228 g/mol. The van der Waals surface area contributed by atoms with Crippen LogP contribution in [0.5, 0.6) is 0 Å². The summed E-state index contributed by atoms with van der Waals surface area (Å²) < 4.78 is 0. The number of hydrogen-bond acceptors (Lipinski definition) is 0. The molecule has 114 valence electrons. The minimum absolute atomic E-state index is 0.476. The van der Waals surface area contributed by atoms with Crippen molar-refractivity contribution in [3.8, 4) is 0 Å². The summed E-state index contributed by atoms with van der Waals surface area (Å²) in [6.45, 7) is 17.3. The molecule has 0 aliphatic heterocycles. The molecule has 1 aliphatic carbocycles. The third kappa shape index (κ3) is 3.03. The summed E-state index contributed by atoms with van der Waals surface area (Å²) in [5.41, 5.74) is 1.50. The second kappa shape index (κ2) is 6.19. The standard InChI is InChI=1S/C19H38/c1-8-11-16-12-14-19(15-13-16,17(4,5)9-2)18(6,7)10-3/h16H,8-15H2,1-7H3. The van der Waals surface area contributed by atoms with Crippen LogP contribution in [0.2, 0.25) is 0 Å². The average molecular weight is 267 g/mol. The average Bonchev–Trinajstić information content (AvgIpc) is 2.39. The van der Waals surface area contributed by atoms with Gasteiger partial charge >= 0.3 is 0 Å². The SMILES string of the molecule is CCCC1CCC(C(C)(C)CC)(C(C)(C)CC)CC1. The lowest BCUT2D eigenvalue weighted by atomic mass is 9.46. The first-order valence-corrected chi connectivity index (χ1v) is 8.76. The van der Waals surface area contributed by atoms with Crippen LogP contribution in [0.3, 0.4) is 0 Å². The number of rotatable bonds is 6. The zero-order valence-corrected chi connectivity index (χ0v) is 14.7. The molecule has 0 unspecified atom stereocenters. The lowest BCUT2D eigenvalue weighted by molar-refractivity contribution is -0.0965. The smallest absolute Gasteiger partial charge is 0.0195 e. The molecule has 0 heterocycles. The van der Waals surface area contributed by atoms with E-state index in [4.69, 9.17) is 0 Å². The van der Waals surface area contributed by atoms with Crippen molar-refractivity contribution in [3.63, 3.8) is 0 Å². The monoisotopic (exact) mass is 266 g/mol. The van der Waals surface area contributed by atoms with Gasteiger partial charge in [0, 0.05) is 0 Å². The van der Waals surface area contributed by atoms with Gasteiger partial charge in [-0.3, -0.25) is 0 Å². The minimum atomic E-state index is 0.476. The molecule has 0 aromatic carbocycles. The van der Waals surface area contributed by atoms with E-state index in [0.29, 0.717) is 16.2 Å². The van der Waals surface area contributed by atoms with Gasteiger partial charge < -0.3 is 0 Å². The van der Waals surface area contributed by atoms with Crippen molar-refractivity contribution >= 4 is 0 Å². The van der Waals surface area contributed by atoms with E-state index in [9.17, 15) is 0 Å². The van der Waals surface area contributed by atoms with Crippen LogP contribution in [-0.4, -0.2) is 0 Å². The first-order chi connectivity index (χ1) is 8.76. The predicted octanol–water partition coefficient (Wildman–Crippen LogP) is 6.84. The fourth-order valence-electron chi connectivity index (χ4n) is 4.81. The van der Waals surface area contributed by atoms with E-state index in [1.807, 2.05) is 0 Å². The van der Waals surface area contributed by atoms with E-state index in [1.54, 1.807) is 0 Å². The zero-order valence-electron chi connectivity index (χ0n) is 14.7. The highest BCUT2D eigenvalue weighted by Crippen LogP contribution is 2.63. The predicted molar refractivity (Wildman–Crippen MR) is 87.4 cm³/mol. The molecule has 19 heavy (non-hydrogen) atoms. The second-order valence-electron chi connectivity index (χ2n) is 8.29. The van der Waals surface area contributed by atoms with Gasteiger partial charge in [0.15, 0.2) is 0 Å².